The zero-order valence-electron chi connectivity index (χ0n) is 19.2. The van der Waals surface area contributed by atoms with E-state index in [-0.39, 0.29) is 12.5 Å². The van der Waals surface area contributed by atoms with Gasteiger partial charge in [0.15, 0.2) is 11.5 Å². The third-order valence-electron chi connectivity index (χ3n) is 5.14. The summed E-state index contributed by atoms with van der Waals surface area (Å²) in [4.78, 5) is 12.9. The van der Waals surface area contributed by atoms with Crippen LogP contribution in [-0.2, 0) is 6.61 Å². The summed E-state index contributed by atoms with van der Waals surface area (Å²) in [6.07, 6.45) is 0. The Balaban J connectivity index is 1.79. The molecular formula is C26H29NO5. The Bertz CT molecular complexity index is 1090. The minimum atomic E-state index is -0.243. The maximum Gasteiger partial charge on any atom is 0.255 e. The van der Waals surface area contributed by atoms with Gasteiger partial charge < -0.3 is 24.3 Å². The lowest BCUT2D eigenvalue weighted by atomic mass is 10.1. The van der Waals surface area contributed by atoms with Crippen molar-refractivity contribution in [3.05, 3.63) is 76.9 Å². The van der Waals surface area contributed by atoms with E-state index in [1.807, 2.05) is 32.0 Å². The number of carbonyl (C=O) groups is 1. The van der Waals surface area contributed by atoms with Crippen LogP contribution in [0.3, 0.4) is 0 Å². The molecule has 0 unspecified atom stereocenters. The molecule has 3 rings (SSSR count). The molecule has 0 bridgehead atoms. The molecule has 6 heteroatoms. The van der Waals surface area contributed by atoms with Gasteiger partial charge in [-0.2, -0.15) is 0 Å². The van der Waals surface area contributed by atoms with Gasteiger partial charge in [0.1, 0.15) is 18.1 Å². The van der Waals surface area contributed by atoms with Crippen molar-refractivity contribution in [1.82, 2.24) is 0 Å². The average Bonchev–Trinajstić information content (AvgIpc) is 2.80. The van der Waals surface area contributed by atoms with E-state index in [0.717, 1.165) is 16.9 Å². The van der Waals surface area contributed by atoms with E-state index in [0.29, 0.717) is 35.1 Å². The molecule has 1 N–H and O–H groups in total. The second kappa shape index (κ2) is 10.6. The van der Waals surface area contributed by atoms with Crippen LogP contribution in [0, 0.1) is 13.8 Å². The summed E-state index contributed by atoms with van der Waals surface area (Å²) in [5.41, 5.74) is 4.28. The molecule has 0 saturated heterocycles. The highest BCUT2D eigenvalue weighted by molar-refractivity contribution is 6.04. The highest BCUT2D eigenvalue weighted by atomic mass is 16.5. The minimum absolute atomic E-state index is 0.243. The van der Waals surface area contributed by atoms with Gasteiger partial charge in [-0.1, -0.05) is 6.07 Å². The van der Waals surface area contributed by atoms with E-state index in [9.17, 15) is 4.79 Å². The van der Waals surface area contributed by atoms with Crippen LogP contribution in [0.1, 0.15) is 34.0 Å². The number of nitrogens with one attached hydrogen (secondary N) is 1. The van der Waals surface area contributed by atoms with Gasteiger partial charge in [-0.3, -0.25) is 4.79 Å². The highest BCUT2D eigenvalue weighted by Gasteiger charge is 2.13. The van der Waals surface area contributed by atoms with Crippen molar-refractivity contribution < 1.29 is 23.7 Å². The monoisotopic (exact) mass is 435 g/mol. The molecule has 0 aromatic heterocycles. The van der Waals surface area contributed by atoms with Crippen molar-refractivity contribution in [2.24, 2.45) is 0 Å². The van der Waals surface area contributed by atoms with Crippen molar-refractivity contribution in [2.75, 3.05) is 26.1 Å². The lowest BCUT2D eigenvalue weighted by Gasteiger charge is -2.14. The molecule has 0 spiro atoms. The first-order valence-corrected chi connectivity index (χ1v) is 10.4. The van der Waals surface area contributed by atoms with Crippen LogP contribution in [0.15, 0.2) is 54.6 Å². The second-order valence-electron chi connectivity index (χ2n) is 7.31. The number of anilines is 1. The highest BCUT2D eigenvalue weighted by Crippen LogP contribution is 2.30. The first-order valence-electron chi connectivity index (χ1n) is 10.4. The Hall–Kier alpha value is -3.67. The summed E-state index contributed by atoms with van der Waals surface area (Å²) in [6, 6.07) is 16.5. The van der Waals surface area contributed by atoms with Gasteiger partial charge in [-0.25, -0.2) is 0 Å². The van der Waals surface area contributed by atoms with Crippen molar-refractivity contribution in [3.8, 4) is 23.0 Å². The normalized spacial score (nSPS) is 10.4. The number of rotatable bonds is 9. The number of hydrogen-bond acceptors (Lipinski definition) is 5. The molecule has 0 aliphatic carbocycles. The van der Waals surface area contributed by atoms with E-state index < -0.39 is 0 Å². The molecule has 0 fully saturated rings. The van der Waals surface area contributed by atoms with Crippen LogP contribution in [0.4, 0.5) is 5.69 Å². The van der Waals surface area contributed by atoms with Crippen LogP contribution in [-0.4, -0.2) is 26.7 Å². The van der Waals surface area contributed by atoms with Gasteiger partial charge >= 0.3 is 0 Å². The Morgan fingerprint density at radius 3 is 2.25 bits per heavy atom. The van der Waals surface area contributed by atoms with Crippen molar-refractivity contribution in [3.63, 3.8) is 0 Å². The number of amides is 1. The molecular weight excluding hydrogens is 406 g/mol. The Morgan fingerprint density at radius 1 is 0.812 bits per heavy atom. The van der Waals surface area contributed by atoms with Gasteiger partial charge in [0.05, 0.1) is 20.8 Å². The van der Waals surface area contributed by atoms with Crippen molar-refractivity contribution >= 4 is 11.6 Å². The Morgan fingerprint density at radius 2 is 1.56 bits per heavy atom. The maximum absolute atomic E-state index is 12.9. The van der Waals surface area contributed by atoms with Gasteiger partial charge in [-0.15, -0.1) is 0 Å². The lowest BCUT2D eigenvalue weighted by Crippen LogP contribution is -2.13. The van der Waals surface area contributed by atoms with Gasteiger partial charge in [-0.05, 0) is 74.4 Å². The van der Waals surface area contributed by atoms with Gasteiger partial charge in [0.2, 0.25) is 0 Å². The van der Waals surface area contributed by atoms with Gasteiger partial charge in [0.25, 0.3) is 5.91 Å². The second-order valence-corrected chi connectivity index (χ2v) is 7.31. The molecule has 0 aliphatic rings. The summed E-state index contributed by atoms with van der Waals surface area (Å²) in [7, 11) is 3.12. The summed E-state index contributed by atoms with van der Waals surface area (Å²) in [5, 5.41) is 2.89. The zero-order valence-corrected chi connectivity index (χ0v) is 19.2. The van der Waals surface area contributed by atoms with E-state index in [1.54, 1.807) is 50.6 Å². The van der Waals surface area contributed by atoms with E-state index >= 15 is 0 Å². The fraction of sp³-hybridized carbons (Fsp3) is 0.269. The summed E-state index contributed by atoms with van der Waals surface area (Å²) in [5.74, 6) is 2.36. The summed E-state index contributed by atoms with van der Waals surface area (Å²) in [6.45, 7) is 6.84. The molecule has 3 aromatic rings. The molecule has 0 heterocycles. The molecule has 6 nitrogen and oxygen atoms in total. The van der Waals surface area contributed by atoms with Crippen LogP contribution < -0.4 is 24.3 Å². The smallest absolute Gasteiger partial charge is 0.255 e. The number of aryl methyl sites for hydroxylation is 2. The quantitative estimate of drug-likeness (QED) is 0.477. The van der Waals surface area contributed by atoms with Crippen LogP contribution >= 0.6 is 0 Å². The van der Waals surface area contributed by atoms with Crippen LogP contribution in [0.5, 0.6) is 23.0 Å². The maximum atomic E-state index is 12.9. The average molecular weight is 436 g/mol. The number of ether oxygens (including phenoxy) is 4. The van der Waals surface area contributed by atoms with Crippen LogP contribution in [0.25, 0.3) is 0 Å². The number of methoxy groups -OCH3 is 2. The molecule has 0 radical (unpaired) electrons. The zero-order chi connectivity index (χ0) is 23.1. The molecule has 32 heavy (non-hydrogen) atoms. The van der Waals surface area contributed by atoms with E-state index in [1.165, 1.54) is 5.56 Å². The SMILES string of the molecule is CCOc1ccc(C(=O)Nc2ccc(OC)c(OC)c2)cc1COc1ccc(C)c(C)c1. The molecule has 0 aliphatic heterocycles. The fourth-order valence-corrected chi connectivity index (χ4v) is 3.21. The topological polar surface area (TPSA) is 66.0 Å². The third kappa shape index (κ3) is 5.52. The summed E-state index contributed by atoms with van der Waals surface area (Å²) < 4.78 is 22.3. The van der Waals surface area contributed by atoms with Crippen LogP contribution in [0.2, 0.25) is 0 Å². The Kier molecular flexibility index (Phi) is 7.60. The first kappa shape index (κ1) is 23.0. The Labute approximate surface area is 189 Å². The largest absolute Gasteiger partial charge is 0.493 e. The predicted octanol–water partition coefficient (Wildman–Crippen LogP) is 5.55. The number of carbonyl (C=O) groups excluding carboxylic acids is 1. The van der Waals surface area contributed by atoms with Crippen molar-refractivity contribution in [2.45, 2.75) is 27.4 Å². The van der Waals surface area contributed by atoms with Gasteiger partial charge in [0, 0.05) is 22.9 Å². The van der Waals surface area contributed by atoms with E-state index in [4.69, 9.17) is 18.9 Å². The molecule has 0 atom stereocenters. The standard InChI is InChI=1S/C26H29NO5/c1-6-31-23-11-8-19(14-20(23)16-32-22-10-7-17(2)18(3)13-22)26(28)27-21-9-12-24(29-4)25(15-21)30-5/h7-15H,6,16H2,1-5H3,(H,27,28). The number of hydrogen-bond donors (Lipinski definition) is 1. The molecule has 168 valence electrons. The molecule has 1 amide bonds. The summed E-state index contributed by atoms with van der Waals surface area (Å²) >= 11 is 0. The first-order chi connectivity index (χ1) is 15.4. The third-order valence-corrected chi connectivity index (χ3v) is 5.14. The minimum Gasteiger partial charge on any atom is -0.493 e. The molecule has 3 aromatic carbocycles. The van der Waals surface area contributed by atoms with E-state index in [2.05, 4.69) is 12.2 Å². The lowest BCUT2D eigenvalue weighted by molar-refractivity contribution is 0.102. The predicted molar refractivity (Wildman–Crippen MR) is 125 cm³/mol. The molecule has 0 saturated carbocycles. The van der Waals surface area contributed by atoms with Crippen molar-refractivity contribution in [1.29, 1.82) is 0 Å². The number of benzene rings is 3. The fourth-order valence-electron chi connectivity index (χ4n) is 3.21.